The maximum atomic E-state index is 10.7. The van der Waals surface area contributed by atoms with Crippen molar-refractivity contribution in [3.63, 3.8) is 0 Å². The summed E-state index contributed by atoms with van der Waals surface area (Å²) < 4.78 is 11.4. The molecule has 0 aliphatic carbocycles. The van der Waals surface area contributed by atoms with E-state index in [0.29, 0.717) is 6.61 Å². The lowest BCUT2D eigenvalue weighted by atomic mass is 9.99. The van der Waals surface area contributed by atoms with E-state index in [1.54, 1.807) is 0 Å². The molecule has 5 nitrogen and oxygen atoms in total. The first-order valence-corrected chi connectivity index (χ1v) is 10.3. The summed E-state index contributed by atoms with van der Waals surface area (Å²) in [5.41, 5.74) is 2.39. The van der Waals surface area contributed by atoms with Crippen LogP contribution in [0.5, 0.6) is 5.75 Å². The second-order valence-electron chi connectivity index (χ2n) is 7.73. The SMILES string of the molecule is O[C@@H]1CN(Cc2cccc(OCc3ccccc3)c2)CC[C@H]1N1CCOCC1. The average Bonchev–Trinajstić information content (AvgIpc) is 2.74. The van der Waals surface area contributed by atoms with E-state index in [-0.39, 0.29) is 12.1 Å². The number of aliphatic hydroxyl groups excluding tert-OH is 1. The summed E-state index contributed by atoms with van der Waals surface area (Å²) in [7, 11) is 0. The average molecular weight is 383 g/mol. The highest BCUT2D eigenvalue weighted by Crippen LogP contribution is 2.22. The molecule has 2 fully saturated rings. The van der Waals surface area contributed by atoms with Crippen LogP contribution in [0.15, 0.2) is 54.6 Å². The predicted octanol–water partition coefficient (Wildman–Crippen LogP) is 2.53. The van der Waals surface area contributed by atoms with Crippen molar-refractivity contribution in [2.24, 2.45) is 0 Å². The van der Waals surface area contributed by atoms with Crippen molar-refractivity contribution >= 4 is 0 Å². The zero-order chi connectivity index (χ0) is 19.2. The van der Waals surface area contributed by atoms with Crippen LogP contribution >= 0.6 is 0 Å². The van der Waals surface area contributed by atoms with Gasteiger partial charge in [0.25, 0.3) is 0 Å². The highest BCUT2D eigenvalue weighted by molar-refractivity contribution is 5.29. The quantitative estimate of drug-likeness (QED) is 0.832. The molecule has 2 saturated heterocycles. The topological polar surface area (TPSA) is 45.2 Å². The highest BCUT2D eigenvalue weighted by atomic mass is 16.5. The molecule has 4 rings (SSSR count). The summed E-state index contributed by atoms with van der Waals surface area (Å²) >= 11 is 0. The molecule has 5 heteroatoms. The summed E-state index contributed by atoms with van der Waals surface area (Å²) in [4.78, 5) is 4.74. The number of ether oxygens (including phenoxy) is 2. The zero-order valence-electron chi connectivity index (χ0n) is 16.4. The first-order chi connectivity index (χ1) is 13.8. The van der Waals surface area contributed by atoms with Crippen molar-refractivity contribution in [3.05, 3.63) is 65.7 Å². The standard InChI is InChI=1S/C23H30N2O3/c26-23-17-24(10-9-22(23)25-11-13-27-14-12-25)16-20-7-4-8-21(15-20)28-18-19-5-2-1-3-6-19/h1-8,15,22-23,26H,9-14,16-18H2/t22-,23-/m1/s1. The molecule has 2 aliphatic heterocycles. The van der Waals surface area contributed by atoms with Crippen LogP contribution in [0, 0.1) is 0 Å². The molecule has 0 bridgehead atoms. The van der Waals surface area contributed by atoms with Crippen LogP contribution < -0.4 is 4.74 Å². The maximum absolute atomic E-state index is 10.7. The number of morpholine rings is 1. The molecule has 2 aliphatic rings. The monoisotopic (exact) mass is 382 g/mol. The second-order valence-corrected chi connectivity index (χ2v) is 7.73. The first-order valence-electron chi connectivity index (χ1n) is 10.3. The van der Waals surface area contributed by atoms with Gasteiger partial charge in [-0.25, -0.2) is 0 Å². The molecule has 28 heavy (non-hydrogen) atoms. The molecule has 0 aromatic heterocycles. The van der Waals surface area contributed by atoms with Gasteiger partial charge in [-0.3, -0.25) is 9.80 Å². The number of piperidine rings is 1. The molecule has 2 aromatic carbocycles. The molecule has 0 saturated carbocycles. The number of benzene rings is 2. The molecule has 2 heterocycles. The third-order valence-electron chi connectivity index (χ3n) is 5.70. The Morgan fingerprint density at radius 1 is 0.964 bits per heavy atom. The molecular weight excluding hydrogens is 352 g/mol. The van der Waals surface area contributed by atoms with Gasteiger partial charge in [-0.15, -0.1) is 0 Å². The van der Waals surface area contributed by atoms with Gasteiger partial charge in [0, 0.05) is 38.8 Å². The van der Waals surface area contributed by atoms with Crippen molar-refractivity contribution < 1.29 is 14.6 Å². The number of likely N-dealkylation sites (tertiary alicyclic amines) is 1. The van der Waals surface area contributed by atoms with Gasteiger partial charge in [0.05, 0.1) is 19.3 Å². The largest absolute Gasteiger partial charge is 0.489 e. The normalized spacial score (nSPS) is 24.2. The van der Waals surface area contributed by atoms with Crippen LogP contribution in [0.2, 0.25) is 0 Å². The van der Waals surface area contributed by atoms with E-state index in [0.717, 1.165) is 58.1 Å². The third-order valence-corrected chi connectivity index (χ3v) is 5.70. The van der Waals surface area contributed by atoms with E-state index in [9.17, 15) is 5.11 Å². The molecule has 0 radical (unpaired) electrons. The Kier molecular flexibility index (Phi) is 6.60. The molecule has 0 unspecified atom stereocenters. The van der Waals surface area contributed by atoms with E-state index in [4.69, 9.17) is 9.47 Å². The highest BCUT2D eigenvalue weighted by Gasteiger charge is 2.32. The number of aliphatic hydroxyl groups is 1. The van der Waals surface area contributed by atoms with Gasteiger partial charge in [-0.05, 0) is 29.7 Å². The fourth-order valence-corrected chi connectivity index (χ4v) is 4.20. The van der Waals surface area contributed by atoms with Crippen LogP contribution in [0.1, 0.15) is 17.5 Å². The molecule has 2 atom stereocenters. The van der Waals surface area contributed by atoms with E-state index in [2.05, 4.69) is 34.1 Å². The zero-order valence-corrected chi connectivity index (χ0v) is 16.4. The number of β-amino-alcohol motifs (C(OH)–C–C–N with tert-alkyl or cyclic N) is 1. The van der Waals surface area contributed by atoms with Crippen molar-refractivity contribution in [2.75, 3.05) is 39.4 Å². The summed E-state index contributed by atoms with van der Waals surface area (Å²) in [6, 6.07) is 18.8. The van der Waals surface area contributed by atoms with Gasteiger partial charge in [0.1, 0.15) is 12.4 Å². The predicted molar refractivity (Wildman–Crippen MR) is 109 cm³/mol. The molecule has 2 aromatic rings. The van der Waals surface area contributed by atoms with Crippen LogP contribution in [0.3, 0.4) is 0 Å². The van der Waals surface area contributed by atoms with Crippen LogP contribution in [-0.4, -0.2) is 66.4 Å². The molecule has 0 amide bonds. The van der Waals surface area contributed by atoms with Crippen LogP contribution in [-0.2, 0) is 17.9 Å². The van der Waals surface area contributed by atoms with Gasteiger partial charge >= 0.3 is 0 Å². The first kappa shape index (κ1) is 19.4. The summed E-state index contributed by atoms with van der Waals surface area (Å²) in [6.07, 6.45) is 0.704. The van der Waals surface area contributed by atoms with Gasteiger partial charge in [0.15, 0.2) is 0 Å². The Morgan fingerprint density at radius 3 is 2.54 bits per heavy atom. The lowest BCUT2D eigenvalue weighted by molar-refractivity contribution is -0.0534. The van der Waals surface area contributed by atoms with E-state index in [1.807, 2.05) is 30.3 Å². The Balaban J connectivity index is 1.29. The Morgan fingerprint density at radius 2 is 1.75 bits per heavy atom. The number of nitrogens with zero attached hydrogens (tertiary/aromatic N) is 2. The summed E-state index contributed by atoms with van der Waals surface area (Å²) in [6.45, 7) is 6.57. The molecular formula is C23H30N2O3. The van der Waals surface area contributed by atoms with Crippen LogP contribution in [0.4, 0.5) is 0 Å². The Labute approximate surface area is 167 Å². The van der Waals surface area contributed by atoms with Gasteiger partial charge in [0.2, 0.25) is 0 Å². The number of hydrogen-bond acceptors (Lipinski definition) is 5. The van der Waals surface area contributed by atoms with Crippen molar-refractivity contribution in [1.29, 1.82) is 0 Å². The summed E-state index contributed by atoms with van der Waals surface area (Å²) in [5.74, 6) is 0.894. The van der Waals surface area contributed by atoms with E-state index in [1.165, 1.54) is 11.1 Å². The van der Waals surface area contributed by atoms with Crippen LogP contribution in [0.25, 0.3) is 0 Å². The number of hydrogen-bond donors (Lipinski definition) is 1. The van der Waals surface area contributed by atoms with Gasteiger partial charge < -0.3 is 14.6 Å². The second kappa shape index (κ2) is 9.52. The fourth-order valence-electron chi connectivity index (χ4n) is 4.20. The van der Waals surface area contributed by atoms with Crippen molar-refractivity contribution in [1.82, 2.24) is 9.80 Å². The smallest absolute Gasteiger partial charge is 0.120 e. The minimum Gasteiger partial charge on any atom is -0.489 e. The fraction of sp³-hybridized carbons (Fsp3) is 0.478. The molecule has 1 N–H and O–H groups in total. The van der Waals surface area contributed by atoms with Crippen molar-refractivity contribution in [3.8, 4) is 5.75 Å². The third kappa shape index (κ3) is 5.11. The van der Waals surface area contributed by atoms with Gasteiger partial charge in [-0.2, -0.15) is 0 Å². The summed E-state index contributed by atoms with van der Waals surface area (Å²) in [5, 5.41) is 10.7. The number of rotatable bonds is 6. The minimum absolute atomic E-state index is 0.265. The lowest BCUT2D eigenvalue weighted by Gasteiger charge is -2.43. The molecule has 0 spiro atoms. The Hall–Kier alpha value is -1.92. The van der Waals surface area contributed by atoms with E-state index < -0.39 is 0 Å². The Bertz CT molecular complexity index is 734. The molecule has 150 valence electrons. The van der Waals surface area contributed by atoms with E-state index >= 15 is 0 Å². The van der Waals surface area contributed by atoms with Crippen molar-refractivity contribution in [2.45, 2.75) is 31.7 Å². The lowest BCUT2D eigenvalue weighted by Crippen LogP contribution is -2.56. The van der Waals surface area contributed by atoms with Gasteiger partial charge in [-0.1, -0.05) is 42.5 Å². The maximum Gasteiger partial charge on any atom is 0.120 e. The minimum atomic E-state index is -0.302.